The van der Waals surface area contributed by atoms with Crippen molar-refractivity contribution in [2.45, 2.75) is 32.4 Å². The molecule has 106 valence electrons. The Balaban J connectivity index is 1.71. The third-order valence-electron chi connectivity index (χ3n) is 5.05. The molecular weight excluding hydrogens is 258 g/mol. The first-order valence-corrected chi connectivity index (χ1v) is 7.98. The molecule has 1 saturated carbocycles. The van der Waals surface area contributed by atoms with Crippen LogP contribution < -0.4 is 0 Å². The molecule has 0 N–H and O–H groups in total. The zero-order valence-electron chi connectivity index (χ0n) is 12.3. The largest absolute Gasteiger partial charge is 0.378 e. The molecule has 0 aromatic rings. The summed E-state index contributed by atoms with van der Waals surface area (Å²) in [6, 6.07) is 0. The van der Waals surface area contributed by atoms with E-state index in [9.17, 15) is 0 Å². The van der Waals surface area contributed by atoms with Gasteiger partial charge in [-0.05, 0) is 0 Å². The van der Waals surface area contributed by atoms with Crippen LogP contribution in [0.25, 0.3) is 0 Å². The maximum absolute atomic E-state index is 5.32. The molecule has 3 rings (SSSR count). The third kappa shape index (κ3) is 1.77. The van der Waals surface area contributed by atoms with E-state index >= 15 is 0 Å². The van der Waals surface area contributed by atoms with E-state index in [0.717, 1.165) is 26.3 Å². The number of rotatable bonds is 2. The predicted molar refractivity (Wildman–Crippen MR) is 81.1 cm³/mol. The van der Waals surface area contributed by atoms with E-state index in [1.54, 1.807) is 0 Å². The topological polar surface area (TPSA) is 37.2 Å². The van der Waals surface area contributed by atoms with Crippen molar-refractivity contribution in [1.82, 2.24) is 4.90 Å². The highest BCUT2D eigenvalue weighted by Gasteiger charge is 2.77. The summed E-state index contributed by atoms with van der Waals surface area (Å²) in [5.41, 5.74) is 1.61. The Morgan fingerprint density at radius 2 is 1.74 bits per heavy atom. The van der Waals surface area contributed by atoms with Crippen LogP contribution in [0.2, 0.25) is 0 Å². The highest BCUT2D eigenvalue weighted by Crippen LogP contribution is 2.75. The maximum atomic E-state index is 5.32. The van der Waals surface area contributed by atoms with Gasteiger partial charge in [-0.15, -0.1) is 5.10 Å². The van der Waals surface area contributed by atoms with Gasteiger partial charge in [-0.3, -0.25) is 0 Å². The number of thioether (sulfide) groups is 1. The summed E-state index contributed by atoms with van der Waals surface area (Å²) in [5, 5.41) is 8.88. The minimum atomic E-state index is 0.184. The zero-order valence-corrected chi connectivity index (χ0v) is 13.1. The molecule has 0 bridgehead atoms. The Bertz CT molecular complexity index is 412. The van der Waals surface area contributed by atoms with E-state index in [1.165, 1.54) is 11.5 Å². The lowest BCUT2D eigenvalue weighted by Crippen LogP contribution is -2.66. The van der Waals surface area contributed by atoms with Gasteiger partial charge in [0.25, 0.3) is 0 Å². The van der Waals surface area contributed by atoms with Crippen molar-refractivity contribution in [2.24, 2.45) is 21.0 Å². The van der Waals surface area contributed by atoms with Crippen molar-refractivity contribution in [3.63, 3.8) is 0 Å². The van der Waals surface area contributed by atoms with E-state index < -0.39 is 0 Å². The molecule has 2 heterocycles. The highest BCUT2D eigenvalue weighted by molar-refractivity contribution is 8.08. The van der Waals surface area contributed by atoms with Crippen molar-refractivity contribution < 1.29 is 4.74 Å². The number of hydrogen-bond donors (Lipinski definition) is 0. The standard InChI is InChI=1S/C14H23N3OS/c1-12(2)11(13(3,4)14(12)9-19-14)16-15-10-17-5-7-18-8-6-17/h10H,5-9H2,1-4H3/b15-10+,16-11?. The molecule has 19 heavy (non-hydrogen) atoms. The van der Waals surface area contributed by atoms with Crippen molar-refractivity contribution in [3.8, 4) is 0 Å². The summed E-state index contributed by atoms with van der Waals surface area (Å²) in [6.45, 7) is 12.6. The van der Waals surface area contributed by atoms with Gasteiger partial charge in [0.05, 0.1) is 18.9 Å². The summed E-state index contributed by atoms with van der Waals surface area (Å²) in [7, 11) is 0. The Morgan fingerprint density at radius 1 is 1.16 bits per heavy atom. The smallest absolute Gasteiger partial charge is 0.114 e. The van der Waals surface area contributed by atoms with Gasteiger partial charge in [0.2, 0.25) is 0 Å². The van der Waals surface area contributed by atoms with Crippen molar-refractivity contribution in [1.29, 1.82) is 0 Å². The monoisotopic (exact) mass is 281 g/mol. The second-order valence-electron chi connectivity index (χ2n) is 6.69. The Hall–Kier alpha value is -0.550. The number of morpholine rings is 1. The fraction of sp³-hybridized carbons (Fsp3) is 0.857. The van der Waals surface area contributed by atoms with Gasteiger partial charge < -0.3 is 9.64 Å². The minimum Gasteiger partial charge on any atom is -0.378 e. The lowest BCUT2D eigenvalue weighted by atomic mass is 9.47. The number of nitrogens with zero attached hydrogens (tertiary/aromatic N) is 3. The van der Waals surface area contributed by atoms with E-state index in [4.69, 9.17) is 4.74 Å². The van der Waals surface area contributed by atoms with Gasteiger partial charge in [-0.2, -0.15) is 16.9 Å². The molecule has 0 aromatic heterocycles. The summed E-state index contributed by atoms with van der Waals surface area (Å²) in [5.74, 6) is 1.26. The van der Waals surface area contributed by atoms with E-state index in [2.05, 4.69) is 54.6 Å². The molecule has 2 saturated heterocycles. The predicted octanol–water partition coefficient (Wildman–Crippen LogP) is 2.25. The second kappa shape index (κ2) is 4.22. The lowest BCUT2D eigenvalue weighted by molar-refractivity contribution is 0.0699. The molecule has 5 heteroatoms. The number of ether oxygens (including phenoxy) is 1. The Kier molecular flexibility index (Phi) is 2.98. The molecule has 0 aromatic carbocycles. The molecular formula is C14H23N3OS. The highest BCUT2D eigenvalue weighted by atomic mass is 32.2. The zero-order chi connectivity index (χ0) is 13.7. The normalized spacial score (nSPS) is 30.5. The second-order valence-corrected chi connectivity index (χ2v) is 7.97. The van der Waals surface area contributed by atoms with Crippen LogP contribution in [-0.2, 0) is 4.74 Å². The van der Waals surface area contributed by atoms with Crippen molar-refractivity contribution >= 4 is 23.8 Å². The van der Waals surface area contributed by atoms with Crippen LogP contribution in [0.4, 0.5) is 0 Å². The first-order chi connectivity index (χ1) is 8.92. The van der Waals surface area contributed by atoms with Crippen LogP contribution in [0, 0.1) is 10.8 Å². The van der Waals surface area contributed by atoms with Crippen LogP contribution in [0.3, 0.4) is 0 Å². The molecule has 4 nitrogen and oxygen atoms in total. The summed E-state index contributed by atoms with van der Waals surface area (Å²) in [6.07, 6.45) is 1.87. The van der Waals surface area contributed by atoms with Crippen LogP contribution in [0.15, 0.2) is 10.2 Å². The fourth-order valence-electron chi connectivity index (χ4n) is 3.78. The minimum absolute atomic E-state index is 0.184. The molecule has 1 aliphatic carbocycles. The first kappa shape index (κ1) is 13.4. The fourth-order valence-corrected chi connectivity index (χ4v) is 5.56. The number of hydrogen-bond acceptors (Lipinski definition) is 4. The van der Waals surface area contributed by atoms with Crippen molar-refractivity contribution in [2.75, 3.05) is 32.1 Å². The molecule has 0 unspecified atom stereocenters. The van der Waals surface area contributed by atoms with Crippen LogP contribution >= 0.6 is 11.8 Å². The van der Waals surface area contributed by atoms with Gasteiger partial charge in [0, 0.05) is 34.4 Å². The molecule has 3 aliphatic rings. The van der Waals surface area contributed by atoms with Crippen LogP contribution in [-0.4, -0.2) is 53.8 Å². The Morgan fingerprint density at radius 3 is 2.26 bits per heavy atom. The maximum Gasteiger partial charge on any atom is 0.114 e. The first-order valence-electron chi connectivity index (χ1n) is 7.00. The van der Waals surface area contributed by atoms with Crippen molar-refractivity contribution in [3.05, 3.63) is 0 Å². The van der Waals surface area contributed by atoms with Crippen LogP contribution in [0.5, 0.6) is 0 Å². The van der Waals surface area contributed by atoms with Gasteiger partial charge in [-0.25, -0.2) is 0 Å². The quantitative estimate of drug-likeness (QED) is 0.337. The SMILES string of the molecule is CC1(C)C(=N/N=C/N2CCOCC2)C(C)(C)C12CS2. The summed E-state index contributed by atoms with van der Waals surface area (Å²) >= 11 is 2.08. The van der Waals surface area contributed by atoms with Gasteiger partial charge in [0.1, 0.15) is 6.34 Å². The van der Waals surface area contributed by atoms with Gasteiger partial charge in [-0.1, -0.05) is 27.7 Å². The summed E-state index contributed by atoms with van der Waals surface area (Å²) in [4.78, 5) is 2.17. The van der Waals surface area contributed by atoms with Gasteiger partial charge >= 0.3 is 0 Å². The molecule has 2 aliphatic heterocycles. The Labute approximate surface area is 119 Å². The molecule has 3 fully saturated rings. The molecule has 0 amide bonds. The van der Waals surface area contributed by atoms with E-state index in [-0.39, 0.29) is 10.8 Å². The van der Waals surface area contributed by atoms with E-state index in [1.807, 2.05) is 6.34 Å². The van der Waals surface area contributed by atoms with E-state index in [0.29, 0.717) is 4.75 Å². The lowest BCUT2D eigenvalue weighted by Gasteiger charge is -2.58. The van der Waals surface area contributed by atoms with Gasteiger partial charge in [0.15, 0.2) is 0 Å². The average molecular weight is 281 g/mol. The molecule has 0 radical (unpaired) electrons. The molecule has 0 atom stereocenters. The third-order valence-corrected chi connectivity index (χ3v) is 6.94. The molecule has 1 spiro atoms. The van der Waals surface area contributed by atoms with Crippen LogP contribution in [0.1, 0.15) is 27.7 Å². The summed E-state index contributed by atoms with van der Waals surface area (Å²) < 4.78 is 5.73. The average Bonchev–Trinajstić information content (AvgIpc) is 3.18.